The molecular weight excluding hydrogens is 230 g/mol. The van der Waals surface area contributed by atoms with Gasteiger partial charge in [-0.05, 0) is 17.4 Å². The van der Waals surface area contributed by atoms with Crippen LogP contribution in [0.15, 0.2) is 30.0 Å². The second-order valence-electron chi connectivity index (χ2n) is 4.61. The summed E-state index contributed by atoms with van der Waals surface area (Å²) in [4.78, 5) is 5.62. The molecular formula is C13H19N3S. The quantitative estimate of drug-likeness (QED) is 0.885. The van der Waals surface area contributed by atoms with Crippen LogP contribution in [0.2, 0.25) is 0 Å². The van der Waals surface area contributed by atoms with Crippen molar-refractivity contribution in [2.45, 2.75) is 26.3 Å². The molecule has 0 bridgehead atoms. The zero-order valence-electron chi connectivity index (χ0n) is 10.3. The van der Waals surface area contributed by atoms with Gasteiger partial charge in [0.25, 0.3) is 0 Å². The molecule has 0 saturated carbocycles. The Hall–Kier alpha value is -1.13. The molecule has 0 amide bonds. The molecule has 2 aromatic rings. The van der Waals surface area contributed by atoms with E-state index in [0.717, 1.165) is 6.54 Å². The van der Waals surface area contributed by atoms with Crippen molar-refractivity contribution >= 4 is 11.3 Å². The molecule has 2 rings (SSSR count). The second kappa shape index (κ2) is 5.47. The topological polar surface area (TPSA) is 43.8 Å². The van der Waals surface area contributed by atoms with E-state index in [4.69, 9.17) is 5.73 Å². The maximum atomic E-state index is 5.87. The van der Waals surface area contributed by atoms with Gasteiger partial charge in [0, 0.05) is 29.2 Å². The molecule has 2 N–H and O–H groups in total. The lowest BCUT2D eigenvalue weighted by molar-refractivity contribution is 0.478. The maximum Gasteiger partial charge on any atom is 0.0951 e. The molecule has 0 aliphatic carbocycles. The van der Waals surface area contributed by atoms with Crippen LogP contribution in [0, 0.1) is 5.92 Å². The van der Waals surface area contributed by atoms with Gasteiger partial charge in [0.2, 0.25) is 0 Å². The van der Waals surface area contributed by atoms with E-state index in [1.54, 1.807) is 11.3 Å². The van der Waals surface area contributed by atoms with Gasteiger partial charge < -0.3 is 10.3 Å². The summed E-state index contributed by atoms with van der Waals surface area (Å²) in [5, 5.41) is 2.11. The van der Waals surface area contributed by atoms with Crippen LogP contribution in [-0.4, -0.2) is 16.1 Å². The van der Waals surface area contributed by atoms with Crippen LogP contribution in [0.5, 0.6) is 0 Å². The molecule has 0 aliphatic heterocycles. The first-order valence-corrected chi connectivity index (χ1v) is 6.82. The van der Waals surface area contributed by atoms with E-state index in [1.807, 2.05) is 12.5 Å². The molecule has 0 aromatic carbocycles. The standard InChI is InChI=1S/C13H19N3S/c1-10(2)12(6-14)13-7-15-9-16(13)8-11-4-3-5-17-11/h3-5,7,9-10,12H,6,8,14H2,1-2H3. The van der Waals surface area contributed by atoms with Gasteiger partial charge in [-0.2, -0.15) is 0 Å². The fraction of sp³-hybridized carbons (Fsp3) is 0.462. The number of nitrogens with zero attached hydrogens (tertiary/aromatic N) is 2. The lowest BCUT2D eigenvalue weighted by atomic mass is 9.93. The molecule has 0 fully saturated rings. The molecule has 17 heavy (non-hydrogen) atoms. The van der Waals surface area contributed by atoms with Crippen LogP contribution < -0.4 is 5.73 Å². The monoisotopic (exact) mass is 249 g/mol. The third-order valence-corrected chi connectivity index (χ3v) is 3.95. The molecule has 0 aliphatic rings. The average molecular weight is 249 g/mol. The predicted octanol–water partition coefficient (Wildman–Crippen LogP) is 2.69. The van der Waals surface area contributed by atoms with Crippen molar-refractivity contribution in [3.8, 4) is 0 Å². The first-order valence-electron chi connectivity index (χ1n) is 5.95. The minimum absolute atomic E-state index is 0.387. The number of nitrogens with two attached hydrogens (primary N) is 1. The molecule has 2 heterocycles. The van der Waals surface area contributed by atoms with E-state index in [-0.39, 0.29) is 0 Å². The van der Waals surface area contributed by atoms with Crippen LogP contribution in [0.4, 0.5) is 0 Å². The van der Waals surface area contributed by atoms with Gasteiger partial charge in [-0.25, -0.2) is 4.98 Å². The fourth-order valence-electron chi connectivity index (χ4n) is 2.08. The first-order chi connectivity index (χ1) is 8.22. The van der Waals surface area contributed by atoms with Crippen molar-refractivity contribution in [1.29, 1.82) is 0 Å². The Kier molecular flexibility index (Phi) is 3.97. The number of hydrogen-bond donors (Lipinski definition) is 1. The van der Waals surface area contributed by atoms with Gasteiger partial charge in [0.15, 0.2) is 0 Å². The highest BCUT2D eigenvalue weighted by Gasteiger charge is 2.18. The third kappa shape index (κ3) is 2.76. The molecule has 2 aromatic heterocycles. The van der Waals surface area contributed by atoms with Crippen LogP contribution in [0.3, 0.4) is 0 Å². The average Bonchev–Trinajstić information content (AvgIpc) is 2.92. The Morgan fingerprint density at radius 1 is 1.47 bits per heavy atom. The Balaban J connectivity index is 2.21. The molecule has 0 saturated heterocycles. The van der Waals surface area contributed by atoms with Crippen LogP contribution in [0.1, 0.15) is 30.3 Å². The van der Waals surface area contributed by atoms with Crippen molar-refractivity contribution in [3.05, 3.63) is 40.6 Å². The zero-order chi connectivity index (χ0) is 12.3. The summed E-state index contributed by atoms with van der Waals surface area (Å²) in [5.74, 6) is 0.927. The molecule has 1 atom stereocenters. The summed E-state index contributed by atoms with van der Waals surface area (Å²) >= 11 is 1.78. The zero-order valence-corrected chi connectivity index (χ0v) is 11.2. The summed E-state index contributed by atoms with van der Waals surface area (Å²) in [6.07, 6.45) is 3.85. The van der Waals surface area contributed by atoms with Gasteiger partial charge >= 0.3 is 0 Å². The number of aromatic nitrogens is 2. The van der Waals surface area contributed by atoms with E-state index in [9.17, 15) is 0 Å². The Bertz CT molecular complexity index is 445. The van der Waals surface area contributed by atoms with Crippen molar-refractivity contribution in [1.82, 2.24) is 9.55 Å². The van der Waals surface area contributed by atoms with Gasteiger partial charge in [0.1, 0.15) is 0 Å². The normalized spacial score (nSPS) is 13.2. The molecule has 3 nitrogen and oxygen atoms in total. The van der Waals surface area contributed by atoms with Crippen molar-refractivity contribution < 1.29 is 0 Å². The van der Waals surface area contributed by atoms with Crippen molar-refractivity contribution in [2.75, 3.05) is 6.54 Å². The minimum atomic E-state index is 0.387. The van der Waals surface area contributed by atoms with Gasteiger partial charge in [-0.15, -0.1) is 11.3 Å². The molecule has 0 spiro atoms. The summed E-state index contributed by atoms with van der Waals surface area (Å²) in [6.45, 7) is 5.99. The van der Waals surface area contributed by atoms with E-state index in [0.29, 0.717) is 18.4 Å². The summed E-state index contributed by atoms with van der Waals surface area (Å²) in [6, 6.07) is 4.24. The van der Waals surface area contributed by atoms with E-state index < -0.39 is 0 Å². The van der Waals surface area contributed by atoms with Crippen molar-refractivity contribution in [3.63, 3.8) is 0 Å². The maximum absolute atomic E-state index is 5.87. The van der Waals surface area contributed by atoms with E-state index in [2.05, 4.69) is 40.9 Å². The lowest BCUT2D eigenvalue weighted by Gasteiger charge is -2.20. The second-order valence-corrected chi connectivity index (χ2v) is 5.64. The van der Waals surface area contributed by atoms with Crippen LogP contribution >= 0.6 is 11.3 Å². The number of imidazole rings is 1. The Morgan fingerprint density at radius 3 is 2.88 bits per heavy atom. The molecule has 92 valence electrons. The number of rotatable bonds is 5. The Morgan fingerprint density at radius 2 is 2.29 bits per heavy atom. The van der Waals surface area contributed by atoms with Crippen LogP contribution in [-0.2, 0) is 6.54 Å². The van der Waals surface area contributed by atoms with Crippen LogP contribution in [0.25, 0.3) is 0 Å². The molecule has 1 unspecified atom stereocenters. The smallest absolute Gasteiger partial charge is 0.0951 e. The highest BCUT2D eigenvalue weighted by molar-refractivity contribution is 7.09. The first kappa shape index (κ1) is 12.3. The number of thiophene rings is 1. The summed E-state index contributed by atoms with van der Waals surface area (Å²) in [5.41, 5.74) is 7.11. The number of hydrogen-bond acceptors (Lipinski definition) is 3. The molecule has 0 radical (unpaired) electrons. The van der Waals surface area contributed by atoms with Gasteiger partial charge in [-0.1, -0.05) is 19.9 Å². The highest BCUT2D eigenvalue weighted by atomic mass is 32.1. The highest BCUT2D eigenvalue weighted by Crippen LogP contribution is 2.24. The SMILES string of the molecule is CC(C)C(CN)c1cncn1Cc1cccs1. The lowest BCUT2D eigenvalue weighted by Crippen LogP contribution is -2.21. The van der Waals surface area contributed by atoms with Crippen molar-refractivity contribution in [2.24, 2.45) is 11.7 Å². The predicted molar refractivity (Wildman–Crippen MR) is 72.3 cm³/mol. The summed E-state index contributed by atoms with van der Waals surface area (Å²) < 4.78 is 2.21. The van der Waals surface area contributed by atoms with Gasteiger partial charge in [-0.3, -0.25) is 0 Å². The van der Waals surface area contributed by atoms with E-state index >= 15 is 0 Å². The largest absolute Gasteiger partial charge is 0.330 e. The summed E-state index contributed by atoms with van der Waals surface area (Å²) in [7, 11) is 0. The van der Waals surface area contributed by atoms with Gasteiger partial charge in [0.05, 0.1) is 12.9 Å². The minimum Gasteiger partial charge on any atom is -0.330 e. The third-order valence-electron chi connectivity index (χ3n) is 3.09. The molecule has 4 heteroatoms. The fourth-order valence-corrected chi connectivity index (χ4v) is 2.78. The Labute approximate surface area is 106 Å². The van der Waals surface area contributed by atoms with E-state index in [1.165, 1.54) is 10.6 Å².